The number of unbranched alkanes of at least 4 members (excludes halogenated alkanes) is 2. The van der Waals surface area contributed by atoms with Gasteiger partial charge in [0.1, 0.15) is 5.75 Å². The van der Waals surface area contributed by atoms with Crippen molar-refractivity contribution in [2.24, 2.45) is 0 Å². The molecule has 0 fully saturated rings. The van der Waals surface area contributed by atoms with Crippen LogP contribution in [0.3, 0.4) is 0 Å². The Hall–Kier alpha value is -1.31. The van der Waals surface area contributed by atoms with E-state index in [0.29, 0.717) is 0 Å². The summed E-state index contributed by atoms with van der Waals surface area (Å²) in [6, 6.07) is 6.33. The van der Waals surface area contributed by atoms with E-state index in [2.05, 4.69) is 45.9 Å². The van der Waals surface area contributed by atoms with Gasteiger partial charge in [0.05, 0.1) is 7.11 Å². The predicted molar refractivity (Wildman–Crippen MR) is 87.4 cm³/mol. The molecule has 1 atom stereocenters. The van der Waals surface area contributed by atoms with Crippen molar-refractivity contribution in [3.05, 3.63) is 29.3 Å². The summed E-state index contributed by atoms with van der Waals surface area (Å²) in [6.07, 6.45) is 6.20. The number of benzene rings is 1. The normalized spacial score (nSPS) is 13.1. The summed E-state index contributed by atoms with van der Waals surface area (Å²) in [5.41, 5.74) is 2.43. The number of hydrogen-bond acceptors (Lipinski definition) is 2. The monoisotopic (exact) mass is 275 g/mol. The Labute approximate surface area is 124 Å². The van der Waals surface area contributed by atoms with E-state index in [1.165, 1.54) is 24.8 Å². The summed E-state index contributed by atoms with van der Waals surface area (Å²) >= 11 is 0. The molecule has 0 aliphatic carbocycles. The number of rotatable bonds is 7. The lowest BCUT2D eigenvalue weighted by atomic mass is 9.82. The van der Waals surface area contributed by atoms with Gasteiger partial charge in [-0.2, -0.15) is 0 Å². The second-order valence-corrected chi connectivity index (χ2v) is 6.45. The maximum atomic E-state index is 7.75. The van der Waals surface area contributed by atoms with Gasteiger partial charge in [0, 0.05) is 17.7 Å². The summed E-state index contributed by atoms with van der Waals surface area (Å²) in [7, 11) is 1.74. The highest BCUT2D eigenvalue weighted by Gasteiger charge is 2.23. The molecule has 0 radical (unpaired) electrons. The number of nitrogens with one attached hydrogen (secondary N) is 1. The first-order chi connectivity index (χ1) is 9.45. The van der Waals surface area contributed by atoms with Gasteiger partial charge in [0.15, 0.2) is 0 Å². The zero-order valence-corrected chi connectivity index (χ0v) is 13.6. The highest BCUT2D eigenvalue weighted by atomic mass is 16.5. The smallest absolute Gasteiger partial charge is 0.126 e. The van der Waals surface area contributed by atoms with E-state index in [-0.39, 0.29) is 11.3 Å². The quantitative estimate of drug-likeness (QED) is 0.531. The highest BCUT2D eigenvalue weighted by molar-refractivity contribution is 5.67. The molecule has 0 bridgehead atoms. The van der Waals surface area contributed by atoms with Crippen LogP contribution in [0.4, 0.5) is 0 Å². The van der Waals surface area contributed by atoms with Crippen molar-refractivity contribution in [2.75, 3.05) is 7.11 Å². The van der Waals surface area contributed by atoms with Gasteiger partial charge in [0.2, 0.25) is 0 Å². The number of methoxy groups -OCH3 is 1. The molecule has 1 unspecified atom stereocenters. The second-order valence-electron chi connectivity index (χ2n) is 6.45. The largest absolute Gasteiger partial charge is 0.496 e. The fourth-order valence-electron chi connectivity index (χ4n) is 2.61. The van der Waals surface area contributed by atoms with Crippen LogP contribution in [0.5, 0.6) is 5.75 Å². The van der Waals surface area contributed by atoms with Crippen molar-refractivity contribution in [1.82, 2.24) is 0 Å². The maximum Gasteiger partial charge on any atom is 0.126 e. The van der Waals surface area contributed by atoms with E-state index in [1.807, 2.05) is 0 Å². The van der Waals surface area contributed by atoms with Crippen LogP contribution in [0.25, 0.3) is 0 Å². The summed E-state index contributed by atoms with van der Waals surface area (Å²) < 4.78 is 5.69. The molecule has 0 spiro atoms. The highest BCUT2D eigenvalue weighted by Crippen LogP contribution is 2.38. The van der Waals surface area contributed by atoms with Crippen molar-refractivity contribution in [3.63, 3.8) is 0 Å². The topological polar surface area (TPSA) is 33.1 Å². The molecule has 2 heteroatoms. The molecule has 1 N–H and O–H groups in total. The van der Waals surface area contributed by atoms with Gasteiger partial charge in [0.25, 0.3) is 0 Å². The first-order valence-electron chi connectivity index (χ1n) is 7.63. The summed E-state index contributed by atoms with van der Waals surface area (Å²) in [6.45, 7) is 8.81. The minimum absolute atomic E-state index is 0.0529. The van der Waals surface area contributed by atoms with Crippen LogP contribution in [-0.2, 0) is 5.41 Å². The van der Waals surface area contributed by atoms with Crippen LogP contribution in [-0.4, -0.2) is 13.3 Å². The fraction of sp³-hybridized carbons (Fsp3) is 0.611. The van der Waals surface area contributed by atoms with Crippen molar-refractivity contribution in [2.45, 2.75) is 64.7 Å². The van der Waals surface area contributed by atoms with E-state index in [1.54, 1.807) is 13.3 Å². The lowest BCUT2D eigenvalue weighted by molar-refractivity contribution is 0.390. The van der Waals surface area contributed by atoms with Crippen LogP contribution < -0.4 is 4.74 Å². The molecule has 112 valence electrons. The lowest BCUT2D eigenvalue weighted by Gasteiger charge is -2.25. The molecule has 0 aliphatic rings. The molecule has 0 aromatic heterocycles. The van der Waals surface area contributed by atoms with Crippen LogP contribution >= 0.6 is 0 Å². The molecule has 0 aliphatic heterocycles. The maximum absolute atomic E-state index is 7.75. The number of ether oxygens (including phenoxy) is 1. The van der Waals surface area contributed by atoms with Crippen molar-refractivity contribution < 1.29 is 4.74 Å². The standard InChI is InChI=1S/C18H29NO/c1-6-7-8-10-14(13-19)15-11-9-12-16(17(15)20-5)18(2,3)4/h9,11-14,19H,6-8,10H2,1-5H3. The van der Waals surface area contributed by atoms with E-state index in [9.17, 15) is 0 Å². The van der Waals surface area contributed by atoms with E-state index >= 15 is 0 Å². The molecule has 0 heterocycles. The van der Waals surface area contributed by atoms with Gasteiger partial charge in [-0.25, -0.2) is 0 Å². The van der Waals surface area contributed by atoms with Crippen LogP contribution in [0.2, 0.25) is 0 Å². The van der Waals surface area contributed by atoms with Gasteiger partial charge in [-0.1, -0.05) is 65.2 Å². The average molecular weight is 275 g/mol. The second kappa shape index (κ2) is 7.47. The van der Waals surface area contributed by atoms with Gasteiger partial charge in [-0.05, 0) is 17.4 Å². The Morgan fingerprint density at radius 2 is 1.95 bits per heavy atom. The van der Waals surface area contributed by atoms with E-state index < -0.39 is 0 Å². The Morgan fingerprint density at radius 1 is 1.25 bits per heavy atom. The SMILES string of the molecule is CCCCCC(C=N)c1cccc(C(C)(C)C)c1OC. The van der Waals surface area contributed by atoms with Gasteiger partial charge in [-0.3, -0.25) is 0 Å². The number of hydrogen-bond donors (Lipinski definition) is 1. The zero-order valence-electron chi connectivity index (χ0n) is 13.6. The van der Waals surface area contributed by atoms with Crippen LogP contribution in [0.15, 0.2) is 18.2 Å². The first-order valence-corrected chi connectivity index (χ1v) is 7.63. The molecular formula is C18H29NO. The van der Waals surface area contributed by atoms with Gasteiger partial charge < -0.3 is 10.1 Å². The molecule has 0 amide bonds. The fourth-order valence-corrected chi connectivity index (χ4v) is 2.61. The van der Waals surface area contributed by atoms with Crippen molar-refractivity contribution >= 4 is 6.21 Å². The Balaban J connectivity index is 3.12. The van der Waals surface area contributed by atoms with Gasteiger partial charge >= 0.3 is 0 Å². The number of para-hydroxylation sites is 1. The van der Waals surface area contributed by atoms with Crippen LogP contribution in [0, 0.1) is 5.41 Å². The Bertz CT molecular complexity index is 432. The molecule has 1 aromatic carbocycles. The van der Waals surface area contributed by atoms with Crippen molar-refractivity contribution in [1.29, 1.82) is 5.41 Å². The summed E-state index contributed by atoms with van der Waals surface area (Å²) in [4.78, 5) is 0. The zero-order chi connectivity index (χ0) is 15.2. The van der Waals surface area contributed by atoms with E-state index in [4.69, 9.17) is 10.1 Å². The summed E-state index contributed by atoms with van der Waals surface area (Å²) in [5.74, 6) is 1.13. The molecule has 0 saturated heterocycles. The molecule has 1 aromatic rings. The minimum Gasteiger partial charge on any atom is -0.496 e. The molecule has 1 rings (SSSR count). The molecule has 0 saturated carbocycles. The Kier molecular flexibility index (Phi) is 6.25. The van der Waals surface area contributed by atoms with Gasteiger partial charge in [-0.15, -0.1) is 0 Å². The lowest BCUT2D eigenvalue weighted by Crippen LogP contribution is -2.15. The predicted octanol–water partition coefficient (Wildman–Crippen LogP) is 5.31. The Morgan fingerprint density at radius 3 is 2.45 bits per heavy atom. The molecule has 2 nitrogen and oxygen atoms in total. The summed E-state index contributed by atoms with van der Waals surface area (Å²) in [5, 5.41) is 7.75. The van der Waals surface area contributed by atoms with Crippen LogP contribution in [0.1, 0.15) is 70.4 Å². The van der Waals surface area contributed by atoms with E-state index in [0.717, 1.165) is 17.7 Å². The van der Waals surface area contributed by atoms with Crippen molar-refractivity contribution in [3.8, 4) is 5.75 Å². The third-order valence-corrected chi connectivity index (χ3v) is 3.78. The average Bonchev–Trinajstić information content (AvgIpc) is 2.42. The third-order valence-electron chi connectivity index (χ3n) is 3.78. The first kappa shape index (κ1) is 16.7. The molecular weight excluding hydrogens is 246 g/mol. The minimum atomic E-state index is 0.0529. The third kappa shape index (κ3) is 4.09. The molecule has 20 heavy (non-hydrogen) atoms.